The zero-order valence-corrected chi connectivity index (χ0v) is 14.0. The van der Waals surface area contributed by atoms with Gasteiger partial charge >= 0.3 is 0 Å². The summed E-state index contributed by atoms with van der Waals surface area (Å²) in [6.45, 7) is 2.54. The second-order valence-corrected chi connectivity index (χ2v) is 6.09. The number of nitrogens with zero attached hydrogens (tertiary/aromatic N) is 2. The van der Waals surface area contributed by atoms with Crippen LogP contribution in [-0.4, -0.2) is 33.2 Å². The monoisotopic (exact) mass is 340 g/mol. The highest BCUT2D eigenvalue weighted by Crippen LogP contribution is 2.31. The molecule has 1 fully saturated rings. The average molecular weight is 340 g/mol. The van der Waals surface area contributed by atoms with E-state index in [1.54, 1.807) is 23.2 Å². The van der Waals surface area contributed by atoms with Gasteiger partial charge in [0.15, 0.2) is 0 Å². The fourth-order valence-corrected chi connectivity index (χ4v) is 3.01. The Morgan fingerprint density at radius 2 is 2.16 bits per heavy atom. The van der Waals surface area contributed by atoms with Crippen LogP contribution in [0.15, 0.2) is 41.3 Å². The van der Waals surface area contributed by atoms with Crippen molar-refractivity contribution >= 4 is 11.8 Å². The first-order chi connectivity index (χ1) is 12.0. The molecule has 3 rings (SSSR count). The SMILES string of the molecule is CC(=O)NCc1ccc([C@@H]2CCCN2C(=O)c2cccc(=O)[nH]2)nc1. The van der Waals surface area contributed by atoms with Crippen LogP contribution in [0.5, 0.6) is 0 Å². The van der Waals surface area contributed by atoms with Crippen molar-refractivity contribution < 1.29 is 9.59 Å². The van der Waals surface area contributed by atoms with Gasteiger partial charge in [0.25, 0.3) is 5.91 Å². The Hall–Kier alpha value is -2.96. The van der Waals surface area contributed by atoms with Crippen molar-refractivity contribution in [3.05, 3.63) is 63.8 Å². The fourth-order valence-electron chi connectivity index (χ4n) is 3.01. The maximum absolute atomic E-state index is 12.7. The van der Waals surface area contributed by atoms with Crippen LogP contribution in [0.2, 0.25) is 0 Å². The van der Waals surface area contributed by atoms with Crippen LogP contribution in [0.1, 0.15) is 47.6 Å². The van der Waals surface area contributed by atoms with E-state index >= 15 is 0 Å². The molecule has 0 bridgehead atoms. The molecule has 1 aliphatic rings. The summed E-state index contributed by atoms with van der Waals surface area (Å²) in [5, 5.41) is 2.73. The Bertz CT molecular complexity index is 829. The number of likely N-dealkylation sites (tertiary alicyclic amines) is 1. The number of carbonyl (C=O) groups excluding carboxylic acids is 2. The molecule has 0 aromatic carbocycles. The molecule has 2 aromatic rings. The first-order valence-electron chi connectivity index (χ1n) is 8.24. The molecule has 1 atom stereocenters. The van der Waals surface area contributed by atoms with Crippen molar-refractivity contribution in [1.29, 1.82) is 0 Å². The number of amides is 2. The van der Waals surface area contributed by atoms with Gasteiger partial charge in [-0.3, -0.25) is 19.4 Å². The predicted octanol–water partition coefficient (Wildman–Crippen LogP) is 1.38. The summed E-state index contributed by atoms with van der Waals surface area (Å²) in [5.41, 5.74) is 1.72. The van der Waals surface area contributed by atoms with Crippen molar-refractivity contribution in [2.24, 2.45) is 0 Å². The second kappa shape index (κ2) is 7.29. The maximum atomic E-state index is 12.7. The molecule has 2 aromatic heterocycles. The molecular formula is C18H20N4O3. The highest BCUT2D eigenvalue weighted by Gasteiger charge is 2.31. The summed E-state index contributed by atoms with van der Waals surface area (Å²) in [7, 11) is 0. The number of pyridine rings is 2. The van der Waals surface area contributed by atoms with Crippen molar-refractivity contribution in [3.8, 4) is 0 Å². The van der Waals surface area contributed by atoms with Gasteiger partial charge in [-0.15, -0.1) is 0 Å². The standard InChI is InChI=1S/C18H20N4O3/c1-12(23)19-10-13-7-8-14(20-11-13)16-5-3-9-22(16)18(25)15-4-2-6-17(24)21-15/h2,4,6-8,11,16H,3,5,9-10H2,1H3,(H,19,23)(H,21,24)/t16-/m0/s1. The average Bonchev–Trinajstić information content (AvgIpc) is 3.09. The van der Waals surface area contributed by atoms with Gasteiger partial charge in [0, 0.05) is 32.3 Å². The van der Waals surface area contributed by atoms with Crippen LogP contribution in [-0.2, 0) is 11.3 Å². The summed E-state index contributed by atoms with van der Waals surface area (Å²) >= 11 is 0. The van der Waals surface area contributed by atoms with E-state index in [0.29, 0.717) is 18.8 Å². The lowest BCUT2D eigenvalue weighted by Crippen LogP contribution is -2.32. The Labute approximate surface area is 145 Å². The van der Waals surface area contributed by atoms with Crippen LogP contribution >= 0.6 is 0 Å². The molecule has 25 heavy (non-hydrogen) atoms. The fraction of sp³-hybridized carbons (Fsp3) is 0.333. The number of carbonyl (C=O) groups is 2. The maximum Gasteiger partial charge on any atom is 0.270 e. The lowest BCUT2D eigenvalue weighted by molar-refractivity contribution is -0.119. The van der Waals surface area contributed by atoms with E-state index in [2.05, 4.69) is 15.3 Å². The molecule has 130 valence electrons. The zero-order valence-electron chi connectivity index (χ0n) is 14.0. The highest BCUT2D eigenvalue weighted by atomic mass is 16.2. The molecule has 0 spiro atoms. The normalized spacial score (nSPS) is 16.7. The van der Waals surface area contributed by atoms with Gasteiger partial charge < -0.3 is 15.2 Å². The summed E-state index contributed by atoms with van der Waals surface area (Å²) in [4.78, 5) is 43.9. The minimum absolute atomic E-state index is 0.0894. The molecule has 0 radical (unpaired) electrons. The molecule has 1 saturated heterocycles. The van der Waals surface area contributed by atoms with E-state index in [4.69, 9.17) is 0 Å². The summed E-state index contributed by atoms with van der Waals surface area (Å²) < 4.78 is 0. The number of aromatic amines is 1. The van der Waals surface area contributed by atoms with Gasteiger partial charge in [-0.2, -0.15) is 0 Å². The molecule has 0 saturated carbocycles. The number of aromatic nitrogens is 2. The zero-order chi connectivity index (χ0) is 17.8. The third kappa shape index (κ3) is 3.93. The number of hydrogen-bond acceptors (Lipinski definition) is 4. The lowest BCUT2D eigenvalue weighted by Gasteiger charge is -2.24. The van der Waals surface area contributed by atoms with Crippen molar-refractivity contribution in [2.45, 2.75) is 32.4 Å². The van der Waals surface area contributed by atoms with Crippen molar-refractivity contribution in [3.63, 3.8) is 0 Å². The van der Waals surface area contributed by atoms with Crippen molar-refractivity contribution in [1.82, 2.24) is 20.2 Å². The summed E-state index contributed by atoms with van der Waals surface area (Å²) in [6.07, 6.45) is 3.44. The van der Waals surface area contributed by atoms with Crippen LogP contribution in [0, 0.1) is 0 Å². The van der Waals surface area contributed by atoms with Gasteiger partial charge in [-0.25, -0.2) is 0 Å². The number of hydrogen-bond donors (Lipinski definition) is 2. The molecule has 0 unspecified atom stereocenters. The molecule has 3 heterocycles. The first-order valence-corrected chi connectivity index (χ1v) is 8.24. The number of H-pyrrole nitrogens is 1. The molecular weight excluding hydrogens is 320 g/mol. The smallest absolute Gasteiger partial charge is 0.270 e. The van der Waals surface area contributed by atoms with Gasteiger partial charge in [-0.1, -0.05) is 12.1 Å². The Morgan fingerprint density at radius 1 is 1.32 bits per heavy atom. The molecule has 1 aliphatic heterocycles. The van der Waals surface area contributed by atoms with Crippen LogP contribution < -0.4 is 10.9 Å². The highest BCUT2D eigenvalue weighted by molar-refractivity contribution is 5.92. The Morgan fingerprint density at radius 3 is 2.84 bits per heavy atom. The van der Waals surface area contributed by atoms with E-state index in [0.717, 1.165) is 24.1 Å². The van der Waals surface area contributed by atoms with E-state index in [1.165, 1.54) is 13.0 Å². The predicted molar refractivity (Wildman–Crippen MR) is 91.8 cm³/mol. The van der Waals surface area contributed by atoms with E-state index in [1.807, 2.05) is 12.1 Å². The molecule has 7 heteroatoms. The summed E-state index contributed by atoms with van der Waals surface area (Å²) in [6, 6.07) is 8.26. The van der Waals surface area contributed by atoms with E-state index in [9.17, 15) is 14.4 Å². The number of rotatable bonds is 4. The molecule has 0 aliphatic carbocycles. The van der Waals surface area contributed by atoms with Crippen LogP contribution in [0.4, 0.5) is 0 Å². The topological polar surface area (TPSA) is 95.2 Å². The molecule has 2 amide bonds. The van der Waals surface area contributed by atoms with Gasteiger partial charge in [0.05, 0.1) is 11.7 Å². The summed E-state index contributed by atoms with van der Waals surface area (Å²) in [5.74, 6) is -0.280. The van der Waals surface area contributed by atoms with E-state index in [-0.39, 0.29) is 23.4 Å². The minimum atomic E-state index is -0.290. The molecule has 7 nitrogen and oxygen atoms in total. The number of nitrogens with one attached hydrogen (secondary N) is 2. The van der Waals surface area contributed by atoms with Crippen LogP contribution in [0.25, 0.3) is 0 Å². The Balaban J connectivity index is 1.76. The molecule has 2 N–H and O–H groups in total. The van der Waals surface area contributed by atoms with Crippen molar-refractivity contribution in [2.75, 3.05) is 6.54 Å². The van der Waals surface area contributed by atoms with Crippen LogP contribution in [0.3, 0.4) is 0 Å². The lowest BCUT2D eigenvalue weighted by atomic mass is 10.1. The largest absolute Gasteiger partial charge is 0.352 e. The third-order valence-electron chi connectivity index (χ3n) is 4.24. The van der Waals surface area contributed by atoms with Gasteiger partial charge in [0.1, 0.15) is 5.69 Å². The quantitative estimate of drug-likeness (QED) is 0.879. The second-order valence-electron chi connectivity index (χ2n) is 6.09. The minimum Gasteiger partial charge on any atom is -0.352 e. The van der Waals surface area contributed by atoms with Gasteiger partial charge in [-0.05, 0) is 30.5 Å². The third-order valence-corrected chi connectivity index (χ3v) is 4.24. The first kappa shape index (κ1) is 16.9. The van der Waals surface area contributed by atoms with E-state index < -0.39 is 0 Å². The van der Waals surface area contributed by atoms with Gasteiger partial charge in [0.2, 0.25) is 11.5 Å². The Kier molecular flexibility index (Phi) is 4.92.